The zero-order valence-electron chi connectivity index (χ0n) is 21.6. The second-order valence-electron chi connectivity index (χ2n) is 12.5. The molecule has 206 valence electrons. The Morgan fingerprint density at radius 1 is 0.973 bits per heavy atom. The van der Waals surface area contributed by atoms with Crippen molar-refractivity contribution in [3.8, 4) is 5.75 Å². The number of carbonyl (C=O) groups excluding carboxylic acids is 1. The van der Waals surface area contributed by atoms with E-state index in [0.29, 0.717) is 36.0 Å². The number of aliphatic hydroxyl groups excluding tert-OH is 2. The van der Waals surface area contributed by atoms with Gasteiger partial charge in [0.05, 0.1) is 12.2 Å². The molecule has 4 saturated carbocycles. The van der Waals surface area contributed by atoms with Gasteiger partial charge in [0.1, 0.15) is 0 Å². The van der Waals surface area contributed by atoms with Crippen LogP contribution in [-0.4, -0.2) is 28.4 Å². The van der Waals surface area contributed by atoms with Gasteiger partial charge in [-0.1, -0.05) is 13.8 Å². The van der Waals surface area contributed by atoms with Gasteiger partial charge < -0.3 is 14.9 Å². The van der Waals surface area contributed by atoms with Gasteiger partial charge >= 0.3 is 5.97 Å². The Balaban J connectivity index is 1.24. The minimum atomic E-state index is -1.73. The minimum Gasteiger partial charge on any atom is -0.420 e. The molecule has 1 aromatic carbocycles. The van der Waals surface area contributed by atoms with Crippen LogP contribution in [0.15, 0.2) is 6.07 Å². The molecule has 0 heterocycles. The van der Waals surface area contributed by atoms with Crippen LogP contribution in [0.4, 0.5) is 17.6 Å². The summed E-state index contributed by atoms with van der Waals surface area (Å²) in [6, 6.07) is 0.0748. The van der Waals surface area contributed by atoms with Crippen LogP contribution < -0.4 is 4.74 Å². The predicted molar refractivity (Wildman–Crippen MR) is 128 cm³/mol. The average Bonchev–Trinajstić information content (AvgIpc) is 3.22. The number of hydrogen-bond acceptors (Lipinski definition) is 4. The first-order valence-electron chi connectivity index (χ1n) is 13.9. The van der Waals surface area contributed by atoms with E-state index in [0.717, 1.165) is 51.4 Å². The molecule has 0 aromatic heterocycles. The van der Waals surface area contributed by atoms with Gasteiger partial charge in [0, 0.05) is 12.5 Å². The first-order chi connectivity index (χ1) is 17.5. The second kappa shape index (κ2) is 10.1. The fourth-order valence-electron chi connectivity index (χ4n) is 9.13. The molecule has 1 aromatic rings. The van der Waals surface area contributed by atoms with E-state index in [1.54, 1.807) is 0 Å². The van der Waals surface area contributed by atoms with Crippen LogP contribution in [0.5, 0.6) is 5.75 Å². The summed E-state index contributed by atoms with van der Waals surface area (Å²) in [5.41, 5.74) is -0.268. The van der Waals surface area contributed by atoms with Gasteiger partial charge in [-0.3, -0.25) is 4.79 Å². The molecule has 0 unspecified atom stereocenters. The lowest BCUT2D eigenvalue weighted by Crippen LogP contribution is -2.55. The Kier molecular flexibility index (Phi) is 7.38. The summed E-state index contributed by atoms with van der Waals surface area (Å²) in [6.45, 7) is 4.23. The SMILES string of the molecule is C[C@H](CCC(=O)Oc1c(F)c(F)cc(F)c1F)[C@H]1CC[C@H]2[C@@H]3CC[C@@H]4C[C@H](O)CC[C@@H]4[C@H]3C[C@H](O)[C@]12C. The number of ether oxygens (including phenoxy) is 1. The first kappa shape index (κ1) is 26.9. The molecular weight excluding hydrogens is 488 g/mol. The maximum Gasteiger partial charge on any atom is 0.311 e. The van der Waals surface area contributed by atoms with Gasteiger partial charge in [-0.05, 0) is 105 Å². The van der Waals surface area contributed by atoms with E-state index in [9.17, 15) is 32.6 Å². The molecule has 0 saturated heterocycles. The Hall–Kier alpha value is -1.67. The topological polar surface area (TPSA) is 66.8 Å². The van der Waals surface area contributed by atoms with E-state index in [-0.39, 0.29) is 35.8 Å². The summed E-state index contributed by atoms with van der Waals surface area (Å²) in [6.07, 6.45) is 7.44. The van der Waals surface area contributed by atoms with Crippen molar-refractivity contribution in [3.05, 3.63) is 29.3 Å². The fraction of sp³-hybridized carbons (Fsp3) is 0.759. The third kappa shape index (κ3) is 4.60. The Morgan fingerprint density at radius 3 is 2.35 bits per heavy atom. The predicted octanol–water partition coefficient (Wildman–Crippen LogP) is 6.17. The van der Waals surface area contributed by atoms with E-state index >= 15 is 0 Å². The third-order valence-corrected chi connectivity index (χ3v) is 10.9. The normalized spacial score (nSPS) is 39.9. The highest BCUT2D eigenvalue weighted by Crippen LogP contribution is 2.65. The summed E-state index contributed by atoms with van der Waals surface area (Å²) in [5, 5.41) is 21.7. The van der Waals surface area contributed by atoms with Crippen molar-refractivity contribution < 1.29 is 37.3 Å². The van der Waals surface area contributed by atoms with Crippen molar-refractivity contribution in [1.82, 2.24) is 0 Å². The number of benzene rings is 1. The highest BCUT2D eigenvalue weighted by molar-refractivity contribution is 5.72. The number of hydrogen-bond donors (Lipinski definition) is 2. The van der Waals surface area contributed by atoms with Gasteiger partial charge in [-0.25, -0.2) is 8.78 Å². The van der Waals surface area contributed by atoms with Gasteiger partial charge in [-0.15, -0.1) is 0 Å². The highest BCUT2D eigenvalue weighted by Gasteiger charge is 2.61. The molecule has 4 fully saturated rings. The smallest absolute Gasteiger partial charge is 0.311 e. The van der Waals surface area contributed by atoms with E-state index in [2.05, 4.69) is 6.92 Å². The Morgan fingerprint density at radius 2 is 1.65 bits per heavy atom. The van der Waals surface area contributed by atoms with E-state index in [1.165, 1.54) is 0 Å². The molecule has 2 N–H and O–H groups in total. The number of carbonyl (C=O) groups is 1. The van der Waals surface area contributed by atoms with Crippen LogP contribution in [0.25, 0.3) is 0 Å². The molecule has 4 nitrogen and oxygen atoms in total. The summed E-state index contributed by atoms with van der Waals surface area (Å²) >= 11 is 0. The maximum atomic E-state index is 13.9. The van der Waals surface area contributed by atoms with Crippen molar-refractivity contribution in [1.29, 1.82) is 0 Å². The molecule has 37 heavy (non-hydrogen) atoms. The molecule has 10 atom stereocenters. The monoisotopic (exact) mass is 526 g/mol. The lowest BCUT2D eigenvalue weighted by atomic mass is 9.48. The van der Waals surface area contributed by atoms with Crippen molar-refractivity contribution in [2.45, 2.75) is 90.3 Å². The standard InChI is InChI=1S/C29H38F4O4/c1-14(3-10-25(36)37-28-26(32)22(30)13-23(31)27(28)33)20-8-9-21-18-6-4-15-11-16(34)5-7-17(15)19(18)12-24(35)29(20,21)2/h13-21,24,34-35H,3-12H2,1-2H3/t14-,15-,16-,17+,18-,19-,20-,21+,24+,29-/m1/s1. The highest BCUT2D eigenvalue weighted by atomic mass is 19.2. The second-order valence-corrected chi connectivity index (χ2v) is 12.5. The number of aliphatic hydroxyl groups is 2. The zero-order valence-corrected chi connectivity index (χ0v) is 21.6. The summed E-state index contributed by atoms with van der Waals surface area (Å²) in [7, 11) is 0. The van der Waals surface area contributed by atoms with Crippen LogP contribution in [0, 0.1) is 70.1 Å². The van der Waals surface area contributed by atoms with Crippen LogP contribution >= 0.6 is 0 Å². The van der Waals surface area contributed by atoms with Crippen molar-refractivity contribution in [3.63, 3.8) is 0 Å². The van der Waals surface area contributed by atoms with Crippen LogP contribution in [-0.2, 0) is 4.79 Å². The average molecular weight is 527 g/mol. The number of fused-ring (bicyclic) bond motifs is 5. The van der Waals surface area contributed by atoms with Crippen LogP contribution in [0.3, 0.4) is 0 Å². The lowest BCUT2D eigenvalue weighted by Gasteiger charge is -2.58. The van der Waals surface area contributed by atoms with E-state index < -0.39 is 41.1 Å². The summed E-state index contributed by atoms with van der Waals surface area (Å²) in [5.74, 6) is -6.13. The third-order valence-electron chi connectivity index (χ3n) is 10.9. The molecule has 4 aliphatic rings. The molecular formula is C29H38F4O4. The number of halogens is 4. The summed E-state index contributed by atoms with van der Waals surface area (Å²) < 4.78 is 59.4. The molecule has 0 radical (unpaired) electrons. The molecule has 0 amide bonds. The molecule has 0 spiro atoms. The first-order valence-corrected chi connectivity index (χ1v) is 13.9. The quantitative estimate of drug-likeness (QED) is 0.209. The Labute approximate surface area is 215 Å². The fourth-order valence-corrected chi connectivity index (χ4v) is 9.13. The molecule has 0 bridgehead atoms. The van der Waals surface area contributed by atoms with Gasteiger partial charge in [0.15, 0.2) is 11.6 Å². The summed E-state index contributed by atoms with van der Waals surface area (Å²) in [4.78, 5) is 12.4. The van der Waals surface area contributed by atoms with Crippen LogP contribution in [0.1, 0.15) is 78.1 Å². The zero-order chi connectivity index (χ0) is 26.6. The number of rotatable bonds is 5. The van der Waals surface area contributed by atoms with Gasteiger partial charge in [0.2, 0.25) is 17.4 Å². The van der Waals surface area contributed by atoms with E-state index in [4.69, 9.17) is 4.74 Å². The van der Waals surface area contributed by atoms with Gasteiger partial charge in [0.25, 0.3) is 0 Å². The maximum absolute atomic E-state index is 13.9. The Bertz CT molecular complexity index is 1010. The van der Waals surface area contributed by atoms with Crippen molar-refractivity contribution in [2.24, 2.45) is 46.8 Å². The molecule has 5 rings (SSSR count). The minimum absolute atomic E-state index is 0.0499. The molecule has 8 heteroatoms. The lowest BCUT2D eigenvalue weighted by molar-refractivity contribution is -0.147. The van der Waals surface area contributed by atoms with Gasteiger partial charge in [-0.2, -0.15) is 8.78 Å². The van der Waals surface area contributed by atoms with Crippen LogP contribution in [0.2, 0.25) is 0 Å². The largest absolute Gasteiger partial charge is 0.420 e. The number of esters is 1. The van der Waals surface area contributed by atoms with E-state index in [1.807, 2.05) is 6.92 Å². The molecule has 4 aliphatic carbocycles. The van der Waals surface area contributed by atoms with Crippen molar-refractivity contribution >= 4 is 5.97 Å². The van der Waals surface area contributed by atoms with Crippen molar-refractivity contribution in [2.75, 3.05) is 0 Å². The molecule has 0 aliphatic heterocycles.